The lowest BCUT2D eigenvalue weighted by atomic mass is 9.93. The Morgan fingerprint density at radius 2 is 0.667 bits per heavy atom. The SMILES string of the molecule is c1ccc(-c2ccc(-c3ccccc3)n2-c2c3ccc(-c4ccc5ccccc5c4)cc3cc3ccc(-c4ccc5ccccc5c4)cc23)cc1. The first-order chi connectivity index (χ1) is 25.3. The standard InChI is InChI=1S/C50H33N/c1-3-13-36(14-4-1)48-27-28-49(37-15-5-2-6-16-37)51(48)50-46-26-25-42(40-21-19-34-11-7-9-17-38(34)29-40)31-45(46)32-44-24-23-43(33-47(44)50)41-22-20-35-12-8-10-18-39(35)30-41/h1-33H. The van der Waals surface area contributed by atoms with Crippen molar-refractivity contribution in [1.82, 2.24) is 4.57 Å². The highest BCUT2D eigenvalue weighted by Crippen LogP contribution is 2.42. The Hall–Kier alpha value is -6.70. The molecule has 0 spiro atoms. The van der Waals surface area contributed by atoms with E-state index in [-0.39, 0.29) is 0 Å². The lowest BCUT2D eigenvalue weighted by Crippen LogP contribution is -2.02. The molecule has 0 fully saturated rings. The molecule has 0 aliphatic carbocycles. The summed E-state index contributed by atoms with van der Waals surface area (Å²) in [6, 6.07) is 73.2. The van der Waals surface area contributed by atoms with Crippen molar-refractivity contribution >= 4 is 43.1 Å². The van der Waals surface area contributed by atoms with Gasteiger partial charge in [0.05, 0.1) is 17.1 Å². The van der Waals surface area contributed by atoms with Crippen molar-refractivity contribution < 1.29 is 0 Å². The van der Waals surface area contributed by atoms with Crippen LogP contribution in [0.1, 0.15) is 0 Å². The third-order valence-corrected chi connectivity index (χ3v) is 10.3. The first-order valence-electron chi connectivity index (χ1n) is 17.6. The Kier molecular flexibility index (Phi) is 6.89. The molecular formula is C50H33N. The number of hydrogen-bond acceptors (Lipinski definition) is 0. The van der Waals surface area contributed by atoms with Crippen molar-refractivity contribution in [3.63, 3.8) is 0 Å². The van der Waals surface area contributed by atoms with Crippen LogP contribution >= 0.6 is 0 Å². The molecule has 1 heterocycles. The molecule has 1 aromatic heterocycles. The van der Waals surface area contributed by atoms with Crippen molar-refractivity contribution in [3.8, 4) is 50.5 Å². The summed E-state index contributed by atoms with van der Waals surface area (Å²) in [6.07, 6.45) is 0. The minimum atomic E-state index is 1.16. The zero-order chi connectivity index (χ0) is 33.7. The van der Waals surface area contributed by atoms with Gasteiger partial charge in [-0.1, -0.05) is 158 Å². The molecule has 10 aromatic rings. The van der Waals surface area contributed by atoms with Gasteiger partial charge in [-0.05, 0) is 108 Å². The molecule has 9 aromatic carbocycles. The van der Waals surface area contributed by atoms with E-state index in [4.69, 9.17) is 0 Å². The normalized spacial score (nSPS) is 11.5. The van der Waals surface area contributed by atoms with E-state index in [2.05, 4.69) is 205 Å². The largest absolute Gasteiger partial charge is 0.308 e. The quantitative estimate of drug-likeness (QED) is 0.164. The van der Waals surface area contributed by atoms with Gasteiger partial charge >= 0.3 is 0 Å². The van der Waals surface area contributed by atoms with E-state index in [1.165, 1.54) is 82.2 Å². The van der Waals surface area contributed by atoms with Crippen LogP contribution in [0.5, 0.6) is 0 Å². The summed E-state index contributed by atoms with van der Waals surface area (Å²) in [4.78, 5) is 0. The summed E-state index contributed by atoms with van der Waals surface area (Å²) in [5.74, 6) is 0. The van der Waals surface area contributed by atoms with Gasteiger partial charge < -0.3 is 4.57 Å². The van der Waals surface area contributed by atoms with E-state index in [1.807, 2.05) is 0 Å². The molecule has 10 rings (SSSR count). The fourth-order valence-corrected chi connectivity index (χ4v) is 7.78. The molecule has 51 heavy (non-hydrogen) atoms. The third kappa shape index (κ3) is 5.10. The molecule has 0 unspecified atom stereocenters. The maximum Gasteiger partial charge on any atom is 0.0619 e. The number of nitrogens with zero attached hydrogens (tertiary/aromatic N) is 1. The number of hydrogen-bond donors (Lipinski definition) is 0. The van der Waals surface area contributed by atoms with Gasteiger partial charge in [-0.25, -0.2) is 0 Å². The Balaban J connectivity index is 1.27. The van der Waals surface area contributed by atoms with Gasteiger partial charge in [0.2, 0.25) is 0 Å². The summed E-state index contributed by atoms with van der Waals surface area (Å²) >= 11 is 0. The first-order valence-corrected chi connectivity index (χ1v) is 17.6. The second kappa shape index (κ2) is 12.0. The van der Waals surface area contributed by atoms with Crippen molar-refractivity contribution in [2.24, 2.45) is 0 Å². The minimum absolute atomic E-state index is 1.16. The van der Waals surface area contributed by atoms with Crippen molar-refractivity contribution in [2.75, 3.05) is 0 Å². The van der Waals surface area contributed by atoms with E-state index >= 15 is 0 Å². The molecular weight excluding hydrogens is 615 g/mol. The van der Waals surface area contributed by atoms with Crippen molar-refractivity contribution in [2.45, 2.75) is 0 Å². The Bertz CT molecular complexity index is 2840. The molecule has 1 heteroatoms. The molecule has 0 aliphatic heterocycles. The summed E-state index contributed by atoms with van der Waals surface area (Å²) in [7, 11) is 0. The van der Waals surface area contributed by atoms with Crippen LogP contribution < -0.4 is 0 Å². The Labute approximate surface area is 297 Å². The summed E-state index contributed by atoms with van der Waals surface area (Å²) in [5.41, 5.74) is 10.7. The van der Waals surface area contributed by atoms with Crippen LogP contribution in [0.2, 0.25) is 0 Å². The molecule has 0 bridgehead atoms. The van der Waals surface area contributed by atoms with Crippen molar-refractivity contribution in [3.05, 3.63) is 200 Å². The zero-order valence-corrected chi connectivity index (χ0v) is 28.0. The summed E-state index contributed by atoms with van der Waals surface area (Å²) in [6.45, 7) is 0. The van der Waals surface area contributed by atoms with Crippen molar-refractivity contribution in [1.29, 1.82) is 0 Å². The predicted molar refractivity (Wildman–Crippen MR) is 218 cm³/mol. The maximum absolute atomic E-state index is 2.50. The topological polar surface area (TPSA) is 4.93 Å². The van der Waals surface area contributed by atoms with Crippen LogP contribution in [-0.4, -0.2) is 4.57 Å². The second-order valence-electron chi connectivity index (χ2n) is 13.4. The van der Waals surface area contributed by atoms with E-state index in [1.54, 1.807) is 0 Å². The van der Waals surface area contributed by atoms with Crippen LogP contribution in [0.4, 0.5) is 0 Å². The van der Waals surface area contributed by atoms with Gasteiger partial charge in [0, 0.05) is 10.8 Å². The van der Waals surface area contributed by atoms with Crippen LogP contribution in [0.25, 0.3) is 93.5 Å². The lowest BCUT2D eigenvalue weighted by molar-refractivity contribution is 1.12. The minimum Gasteiger partial charge on any atom is -0.308 e. The average molecular weight is 648 g/mol. The Morgan fingerprint density at radius 1 is 0.235 bits per heavy atom. The smallest absolute Gasteiger partial charge is 0.0619 e. The summed E-state index contributed by atoms with van der Waals surface area (Å²) in [5, 5.41) is 9.87. The number of benzene rings is 9. The highest BCUT2D eigenvalue weighted by atomic mass is 15.0. The third-order valence-electron chi connectivity index (χ3n) is 10.3. The van der Waals surface area contributed by atoms with E-state index in [0.29, 0.717) is 0 Å². The molecule has 1 nitrogen and oxygen atoms in total. The molecule has 238 valence electrons. The molecule has 0 N–H and O–H groups in total. The highest BCUT2D eigenvalue weighted by Gasteiger charge is 2.19. The molecule has 0 saturated heterocycles. The molecule has 0 radical (unpaired) electrons. The Morgan fingerprint density at radius 3 is 1.22 bits per heavy atom. The maximum atomic E-state index is 2.50. The number of fused-ring (bicyclic) bond motifs is 4. The van der Waals surface area contributed by atoms with Gasteiger partial charge in [-0.2, -0.15) is 0 Å². The molecule has 0 aliphatic rings. The second-order valence-corrected chi connectivity index (χ2v) is 13.4. The van der Waals surface area contributed by atoms with Crippen LogP contribution in [0.3, 0.4) is 0 Å². The van der Waals surface area contributed by atoms with Gasteiger partial charge in [-0.3, -0.25) is 0 Å². The van der Waals surface area contributed by atoms with Crippen LogP contribution in [0.15, 0.2) is 200 Å². The summed E-state index contributed by atoms with van der Waals surface area (Å²) < 4.78 is 2.50. The fraction of sp³-hybridized carbons (Fsp3) is 0. The lowest BCUT2D eigenvalue weighted by Gasteiger charge is -2.20. The zero-order valence-electron chi connectivity index (χ0n) is 28.0. The van der Waals surface area contributed by atoms with Crippen LogP contribution in [-0.2, 0) is 0 Å². The van der Waals surface area contributed by atoms with Gasteiger partial charge in [0.15, 0.2) is 0 Å². The first kappa shape index (κ1) is 29.2. The average Bonchev–Trinajstić information content (AvgIpc) is 3.64. The van der Waals surface area contributed by atoms with E-state index in [9.17, 15) is 0 Å². The monoisotopic (exact) mass is 647 g/mol. The van der Waals surface area contributed by atoms with E-state index in [0.717, 1.165) is 11.4 Å². The molecule has 0 amide bonds. The fourth-order valence-electron chi connectivity index (χ4n) is 7.78. The number of aromatic nitrogens is 1. The predicted octanol–water partition coefficient (Wildman–Crippen LogP) is 13.8. The molecule has 0 atom stereocenters. The van der Waals surface area contributed by atoms with Gasteiger partial charge in [-0.15, -0.1) is 0 Å². The van der Waals surface area contributed by atoms with Crippen LogP contribution in [0, 0.1) is 0 Å². The van der Waals surface area contributed by atoms with E-state index < -0.39 is 0 Å². The van der Waals surface area contributed by atoms with Gasteiger partial charge in [0.1, 0.15) is 0 Å². The molecule has 0 saturated carbocycles. The number of rotatable bonds is 5. The highest BCUT2D eigenvalue weighted by molar-refractivity contribution is 6.10. The van der Waals surface area contributed by atoms with Gasteiger partial charge in [0.25, 0.3) is 0 Å².